The first-order valence-corrected chi connectivity index (χ1v) is 7.92. The SMILES string of the molecule is C/C(=N/NC(=O)c1nn(C)c(=O)c2ccccc12)c1ccccc1Cl. The Labute approximate surface area is 148 Å². The van der Waals surface area contributed by atoms with E-state index >= 15 is 0 Å². The molecule has 0 saturated carbocycles. The zero-order valence-electron chi connectivity index (χ0n) is 13.7. The van der Waals surface area contributed by atoms with E-state index in [4.69, 9.17) is 11.6 Å². The van der Waals surface area contributed by atoms with Gasteiger partial charge >= 0.3 is 0 Å². The van der Waals surface area contributed by atoms with Gasteiger partial charge in [-0.1, -0.05) is 48.0 Å². The van der Waals surface area contributed by atoms with Crippen molar-refractivity contribution >= 4 is 34.0 Å². The second-order valence-corrected chi connectivity index (χ2v) is 5.85. The highest BCUT2D eigenvalue weighted by Gasteiger charge is 2.15. The third-order valence-corrected chi connectivity index (χ3v) is 4.09. The molecule has 1 aromatic heterocycles. The Hall–Kier alpha value is -2.99. The van der Waals surface area contributed by atoms with Gasteiger partial charge in [-0.3, -0.25) is 9.59 Å². The Balaban J connectivity index is 1.96. The second-order valence-electron chi connectivity index (χ2n) is 5.44. The van der Waals surface area contributed by atoms with E-state index in [0.717, 1.165) is 10.2 Å². The number of halogens is 1. The van der Waals surface area contributed by atoms with Crippen LogP contribution in [0.2, 0.25) is 5.02 Å². The summed E-state index contributed by atoms with van der Waals surface area (Å²) in [4.78, 5) is 24.6. The number of nitrogens with zero attached hydrogens (tertiary/aromatic N) is 3. The van der Waals surface area contributed by atoms with Crippen LogP contribution in [0.3, 0.4) is 0 Å². The van der Waals surface area contributed by atoms with E-state index in [2.05, 4.69) is 15.6 Å². The lowest BCUT2D eigenvalue weighted by Gasteiger charge is -2.08. The highest BCUT2D eigenvalue weighted by Crippen LogP contribution is 2.16. The van der Waals surface area contributed by atoms with Crippen molar-refractivity contribution < 1.29 is 4.79 Å². The zero-order chi connectivity index (χ0) is 18.0. The van der Waals surface area contributed by atoms with Gasteiger partial charge in [0.05, 0.1) is 11.1 Å². The molecule has 0 aliphatic carbocycles. The molecule has 3 aromatic rings. The molecule has 0 spiro atoms. The normalized spacial score (nSPS) is 11.6. The summed E-state index contributed by atoms with van der Waals surface area (Å²) in [5.41, 5.74) is 3.64. The molecular formula is C18H15ClN4O2. The van der Waals surface area contributed by atoms with Crippen LogP contribution in [0.1, 0.15) is 23.0 Å². The van der Waals surface area contributed by atoms with E-state index in [9.17, 15) is 9.59 Å². The number of aromatic nitrogens is 2. The molecule has 1 N–H and O–H groups in total. The Bertz CT molecular complexity index is 1060. The summed E-state index contributed by atoms with van der Waals surface area (Å²) in [7, 11) is 1.50. The number of hydrogen-bond acceptors (Lipinski definition) is 4. The Kier molecular flexibility index (Phi) is 4.63. The van der Waals surface area contributed by atoms with Crippen LogP contribution in [0.4, 0.5) is 0 Å². The van der Waals surface area contributed by atoms with Crippen molar-refractivity contribution in [2.45, 2.75) is 6.92 Å². The van der Waals surface area contributed by atoms with Crippen molar-refractivity contribution in [2.75, 3.05) is 0 Å². The molecule has 0 unspecified atom stereocenters. The van der Waals surface area contributed by atoms with E-state index in [1.54, 1.807) is 37.3 Å². The standard InChI is InChI=1S/C18H15ClN4O2/c1-11(12-7-5-6-10-15(12)19)20-21-17(24)16-13-8-3-4-9-14(13)18(25)23(2)22-16/h3-10H,1-2H3,(H,21,24)/b20-11-. The van der Waals surface area contributed by atoms with Crippen LogP contribution in [0.15, 0.2) is 58.4 Å². The fourth-order valence-electron chi connectivity index (χ4n) is 2.47. The minimum Gasteiger partial charge on any atom is -0.267 e. The number of amides is 1. The van der Waals surface area contributed by atoms with Gasteiger partial charge in [-0.15, -0.1) is 0 Å². The number of carbonyl (C=O) groups is 1. The van der Waals surface area contributed by atoms with Gasteiger partial charge in [-0.2, -0.15) is 10.2 Å². The van der Waals surface area contributed by atoms with E-state index in [0.29, 0.717) is 21.5 Å². The third kappa shape index (κ3) is 3.29. The molecule has 0 aliphatic rings. The number of rotatable bonds is 3. The molecule has 2 aromatic carbocycles. The van der Waals surface area contributed by atoms with Crippen LogP contribution in [0, 0.1) is 0 Å². The van der Waals surface area contributed by atoms with Crippen LogP contribution in [0.25, 0.3) is 10.8 Å². The van der Waals surface area contributed by atoms with Crippen LogP contribution >= 0.6 is 11.6 Å². The second kappa shape index (κ2) is 6.86. The van der Waals surface area contributed by atoms with Crippen molar-refractivity contribution in [2.24, 2.45) is 12.1 Å². The van der Waals surface area contributed by atoms with Gasteiger partial charge in [0, 0.05) is 23.0 Å². The number of fused-ring (bicyclic) bond motifs is 1. The van der Waals surface area contributed by atoms with Gasteiger partial charge in [0.15, 0.2) is 5.69 Å². The van der Waals surface area contributed by atoms with E-state index in [1.807, 2.05) is 18.2 Å². The highest BCUT2D eigenvalue weighted by molar-refractivity contribution is 6.34. The summed E-state index contributed by atoms with van der Waals surface area (Å²) in [5, 5.41) is 9.61. The molecule has 25 heavy (non-hydrogen) atoms. The van der Waals surface area contributed by atoms with E-state index in [1.165, 1.54) is 7.05 Å². The van der Waals surface area contributed by atoms with E-state index < -0.39 is 5.91 Å². The number of aryl methyl sites for hydroxylation is 1. The lowest BCUT2D eigenvalue weighted by atomic mass is 10.1. The maximum Gasteiger partial charge on any atom is 0.292 e. The lowest BCUT2D eigenvalue weighted by molar-refractivity contribution is 0.0949. The number of benzene rings is 2. The van der Waals surface area contributed by atoms with Crippen molar-refractivity contribution in [1.82, 2.24) is 15.2 Å². The first-order chi connectivity index (χ1) is 12.0. The molecule has 0 atom stereocenters. The monoisotopic (exact) mass is 354 g/mol. The highest BCUT2D eigenvalue weighted by atomic mass is 35.5. The number of nitrogens with one attached hydrogen (secondary N) is 1. The summed E-state index contributed by atoms with van der Waals surface area (Å²) >= 11 is 6.12. The number of hydrazone groups is 1. The van der Waals surface area contributed by atoms with Crippen molar-refractivity contribution in [3.63, 3.8) is 0 Å². The lowest BCUT2D eigenvalue weighted by Crippen LogP contribution is -2.27. The molecule has 0 aliphatic heterocycles. The Morgan fingerprint density at radius 2 is 1.76 bits per heavy atom. The molecule has 0 saturated heterocycles. The Morgan fingerprint density at radius 1 is 1.12 bits per heavy atom. The minimum atomic E-state index is -0.502. The zero-order valence-corrected chi connectivity index (χ0v) is 14.4. The summed E-state index contributed by atoms with van der Waals surface area (Å²) in [6, 6.07) is 14.1. The summed E-state index contributed by atoms with van der Waals surface area (Å²) < 4.78 is 1.14. The maximum atomic E-state index is 12.5. The summed E-state index contributed by atoms with van der Waals surface area (Å²) in [5.74, 6) is -0.502. The van der Waals surface area contributed by atoms with Gasteiger partial charge in [-0.05, 0) is 19.1 Å². The molecule has 1 heterocycles. The average Bonchev–Trinajstić information content (AvgIpc) is 2.63. The smallest absolute Gasteiger partial charge is 0.267 e. The van der Waals surface area contributed by atoms with Gasteiger partial charge in [0.25, 0.3) is 11.5 Å². The Morgan fingerprint density at radius 3 is 2.48 bits per heavy atom. The predicted octanol–water partition coefficient (Wildman–Crippen LogP) is 2.74. The first kappa shape index (κ1) is 16.9. The molecular weight excluding hydrogens is 340 g/mol. The summed E-state index contributed by atoms with van der Waals surface area (Å²) in [6.45, 7) is 1.74. The molecule has 6 nitrogen and oxygen atoms in total. The van der Waals surface area contributed by atoms with Crippen LogP contribution in [-0.2, 0) is 7.05 Å². The fraction of sp³-hybridized carbons (Fsp3) is 0.111. The van der Waals surface area contributed by atoms with E-state index in [-0.39, 0.29) is 11.3 Å². The topological polar surface area (TPSA) is 76.3 Å². The van der Waals surface area contributed by atoms with Crippen LogP contribution < -0.4 is 11.0 Å². The van der Waals surface area contributed by atoms with Crippen molar-refractivity contribution in [3.05, 3.63) is 75.2 Å². The minimum absolute atomic E-state index is 0.133. The molecule has 1 amide bonds. The number of hydrogen-bond donors (Lipinski definition) is 1. The van der Waals surface area contributed by atoms with Gasteiger partial charge in [-0.25, -0.2) is 10.1 Å². The van der Waals surface area contributed by atoms with Gasteiger partial charge in [0.2, 0.25) is 0 Å². The molecule has 126 valence electrons. The molecule has 7 heteroatoms. The quantitative estimate of drug-likeness (QED) is 0.580. The molecule has 3 rings (SSSR count). The maximum absolute atomic E-state index is 12.5. The summed E-state index contributed by atoms with van der Waals surface area (Å²) in [6.07, 6.45) is 0. The molecule has 0 fully saturated rings. The molecule has 0 radical (unpaired) electrons. The van der Waals surface area contributed by atoms with Crippen molar-refractivity contribution in [1.29, 1.82) is 0 Å². The third-order valence-electron chi connectivity index (χ3n) is 3.76. The van der Waals surface area contributed by atoms with Gasteiger partial charge < -0.3 is 0 Å². The van der Waals surface area contributed by atoms with Crippen LogP contribution in [-0.4, -0.2) is 21.4 Å². The van der Waals surface area contributed by atoms with Crippen molar-refractivity contribution in [3.8, 4) is 0 Å². The average molecular weight is 355 g/mol. The number of carbonyl (C=O) groups excluding carboxylic acids is 1. The van der Waals surface area contributed by atoms with Crippen LogP contribution in [0.5, 0.6) is 0 Å². The molecule has 0 bridgehead atoms. The largest absolute Gasteiger partial charge is 0.292 e. The first-order valence-electron chi connectivity index (χ1n) is 7.54. The fourth-order valence-corrected chi connectivity index (χ4v) is 2.74. The predicted molar refractivity (Wildman–Crippen MR) is 98.1 cm³/mol. The van der Waals surface area contributed by atoms with Gasteiger partial charge in [0.1, 0.15) is 0 Å².